The molecular formula is C21H21FN4O4. The summed E-state index contributed by atoms with van der Waals surface area (Å²) < 4.78 is 13.4. The Morgan fingerprint density at radius 1 is 1.13 bits per heavy atom. The molecule has 30 heavy (non-hydrogen) atoms. The number of nitrogens with one attached hydrogen (secondary N) is 1. The maximum atomic E-state index is 13.4. The third-order valence-electron chi connectivity index (χ3n) is 5.13. The van der Waals surface area contributed by atoms with E-state index in [1.54, 1.807) is 18.2 Å². The zero-order valence-electron chi connectivity index (χ0n) is 16.3. The van der Waals surface area contributed by atoms with Crippen LogP contribution in [0.15, 0.2) is 42.5 Å². The molecule has 3 rings (SSSR count). The summed E-state index contributed by atoms with van der Waals surface area (Å²) in [7, 11) is 0. The number of fused-ring (bicyclic) bond motifs is 1. The first-order chi connectivity index (χ1) is 14.1. The van der Waals surface area contributed by atoms with Gasteiger partial charge in [-0.25, -0.2) is 9.18 Å². The molecule has 2 aromatic rings. The zero-order valence-corrected chi connectivity index (χ0v) is 16.3. The molecule has 0 saturated heterocycles. The summed E-state index contributed by atoms with van der Waals surface area (Å²) in [6.07, 6.45) is 0.0393. The lowest BCUT2D eigenvalue weighted by Crippen LogP contribution is -2.58. The Balaban J connectivity index is 1.97. The molecule has 5 N–H and O–H groups in total. The smallest absolute Gasteiger partial charge is 0.313 e. The SMILES string of the molecule is CC(=O)C(CN1Cc2cc(CC(N)=O)ccc2C1=O)(NC(N)=O)c1ccc(F)cc1. The maximum Gasteiger partial charge on any atom is 0.313 e. The van der Waals surface area contributed by atoms with Crippen molar-refractivity contribution in [2.75, 3.05) is 6.54 Å². The summed E-state index contributed by atoms with van der Waals surface area (Å²) in [5, 5.41) is 2.45. The van der Waals surface area contributed by atoms with Crippen LogP contribution in [0.5, 0.6) is 0 Å². The minimum atomic E-state index is -1.65. The van der Waals surface area contributed by atoms with Crippen LogP contribution in [0.3, 0.4) is 0 Å². The summed E-state index contributed by atoms with van der Waals surface area (Å²) in [5.74, 6) is -1.81. The number of carbonyl (C=O) groups excluding carboxylic acids is 4. The molecular weight excluding hydrogens is 391 g/mol. The lowest BCUT2D eigenvalue weighted by atomic mass is 9.85. The molecule has 9 heteroatoms. The first kappa shape index (κ1) is 21.0. The van der Waals surface area contributed by atoms with Crippen LogP contribution in [-0.2, 0) is 28.1 Å². The Morgan fingerprint density at radius 2 is 1.80 bits per heavy atom. The Bertz CT molecular complexity index is 1040. The van der Waals surface area contributed by atoms with Crippen molar-refractivity contribution in [3.05, 3.63) is 70.5 Å². The number of halogens is 1. The summed E-state index contributed by atoms with van der Waals surface area (Å²) in [6.45, 7) is 1.23. The fourth-order valence-corrected chi connectivity index (χ4v) is 3.71. The molecule has 0 aliphatic carbocycles. The van der Waals surface area contributed by atoms with Crippen molar-refractivity contribution in [2.24, 2.45) is 11.5 Å². The second kappa shape index (κ2) is 7.94. The quantitative estimate of drug-likeness (QED) is 0.624. The number of primary amides is 2. The van der Waals surface area contributed by atoms with Gasteiger partial charge in [0.05, 0.1) is 13.0 Å². The first-order valence-corrected chi connectivity index (χ1v) is 9.16. The van der Waals surface area contributed by atoms with Gasteiger partial charge in [0.1, 0.15) is 11.4 Å². The van der Waals surface area contributed by atoms with Crippen molar-refractivity contribution in [1.82, 2.24) is 10.2 Å². The molecule has 4 amide bonds. The van der Waals surface area contributed by atoms with Crippen molar-refractivity contribution in [3.63, 3.8) is 0 Å². The minimum Gasteiger partial charge on any atom is -0.369 e. The minimum absolute atomic E-state index is 0.0393. The normalized spacial score (nSPS) is 14.7. The highest BCUT2D eigenvalue weighted by molar-refractivity contribution is 6.00. The number of hydrogen-bond acceptors (Lipinski definition) is 4. The van der Waals surface area contributed by atoms with E-state index in [4.69, 9.17) is 11.5 Å². The van der Waals surface area contributed by atoms with Gasteiger partial charge in [0.15, 0.2) is 5.78 Å². The van der Waals surface area contributed by atoms with Crippen LogP contribution >= 0.6 is 0 Å². The van der Waals surface area contributed by atoms with E-state index in [1.807, 2.05) is 0 Å². The molecule has 0 radical (unpaired) electrons. The van der Waals surface area contributed by atoms with E-state index in [1.165, 1.54) is 24.0 Å². The second-order valence-corrected chi connectivity index (χ2v) is 7.25. The number of benzene rings is 2. The van der Waals surface area contributed by atoms with Crippen molar-refractivity contribution in [2.45, 2.75) is 25.4 Å². The van der Waals surface area contributed by atoms with Crippen LogP contribution in [0.1, 0.15) is 34.0 Å². The number of hydrogen-bond donors (Lipinski definition) is 3. The molecule has 8 nitrogen and oxygen atoms in total. The summed E-state index contributed by atoms with van der Waals surface area (Å²) in [6, 6.07) is 9.06. The van der Waals surface area contributed by atoms with Crippen molar-refractivity contribution >= 4 is 23.6 Å². The molecule has 2 aromatic carbocycles. The molecule has 1 aliphatic heterocycles. The Labute approximate surface area is 172 Å². The van der Waals surface area contributed by atoms with Crippen LogP contribution in [0, 0.1) is 5.82 Å². The fraction of sp³-hybridized carbons (Fsp3) is 0.238. The number of ketones is 1. The highest BCUT2D eigenvalue weighted by Gasteiger charge is 2.43. The molecule has 0 saturated carbocycles. The summed E-state index contributed by atoms with van der Waals surface area (Å²) in [4.78, 5) is 49.9. The average Bonchev–Trinajstić information content (AvgIpc) is 2.95. The van der Waals surface area contributed by atoms with Gasteiger partial charge >= 0.3 is 6.03 Å². The van der Waals surface area contributed by atoms with Crippen molar-refractivity contribution < 1.29 is 23.6 Å². The molecule has 1 unspecified atom stereocenters. The Morgan fingerprint density at radius 3 is 2.37 bits per heavy atom. The highest BCUT2D eigenvalue weighted by atomic mass is 19.1. The van der Waals surface area contributed by atoms with Crippen LogP contribution < -0.4 is 16.8 Å². The maximum absolute atomic E-state index is 13.4. The molecule has 0 fully saturated rings. The van der Waals surface area contributed by atoms with Crippen molar-refractivity contribution in [3.8, 4) is 0 Å². The predicted octanol–water partition coefficient (Wildman–Crippen LogP) is 0.962. The van der Waals surface area contributed by atoms with E-state index in [9.17, 15) is 23.6 Å². The fourth-order valence-electron chi connectivity index (χ4n) is 3.71. The van der Waals surface area contributed by atoms with Crippen LogP contribution in [0.2, 0.25) is 0 Å². The zero-order chi connectivity index (χ0) is 22.1. The standard InChI is InChI=1S/C21H21FN4O4/c1-12(27)21(25-20(24)30,15-3-5-16(22)6-4-15)11-26-10-14-8-13(9-18(23)28)2-7-17(14)19(26)29/h2-8H,9-11H2,1H3,(H2,23,28)(H3,24,25,30). The van der Waals surface area contributed by atoms with Crippen LogP contribution in [-0.4, -0.2) is 35.1 Å². The number of nitrogens with zero attached hydrogens (tertiary/aromatic N) is 1. The predicted molar refractivity (Wildman–Crippen MR) is 106 cm³/mol. The van der Waals surface area contributed by atoms with Gasteiger partial charge < -0.3 is 21.7 Å². The molecule has 1 heterocycles. The Hall–Kier alpha value is -3.75. The first-order valence-electron chi connectivity index (χ1n) is 9.16. The monoisotopic (exact) mass is 412 g/mol. The number of amides is 4. The highest BCUT2D eigenvalue weighted by Crippen LogP contribution is 2.30. The lowest BCUT2D eigenvalue weighted by molar-refractivity contribution is -0.124. The van der Waals surface area contributed by atoms with Gasteiger partial charge in [-0.1, -0.05) is 24.3 Å². The topological polar surface area (TPSA) is 136 Å². The van der Waals surface area contributed by atoms with Crippen LogP contribution in [0.25, 0.3) is 0 Å². The largest absolute Gasteiger partial charge is 0.369 e. The van der Waals surface area contributed by atoms with E-state index >= 15 is 0 Å². The third-order valence-corrected chi connectivity index (χ3v) is 5.13. The molecule has 1 atom stereocenters. The van der Waals surface area contributed by atoms with Gasteiger partial charge in [-0.3, -0.25) is 14.4 Å². The van der Waals surface area contributed by atoms with E-state index in [0.717, 1.165) is 12.1 Å². The summed E-state index contributed by atoms with van der Waals surface area (Å²) >= 11 is 0. The summed E-state index contributed by atoms with van der Waals surface area (Å²) in [5.41, 5.74) is 11.0. The van der Waals surface area contributed by atoms with Gasteiger partial charge in [-0.05, 0) is 41.8 Å². The average molecular weight is 412 g/mol. The van der Waals surface area contributed by atoms with E-state index in [-0.39, 0.29) is 25.4 Å². The number of urea groups is 1. The van der Waals surface area contributed by atoms with Gasteiger partial charge in [0.25, 0.3) is 5.91 Å². The molecule has 1 aliphatic rings. The van der Waals surface area contributed by atoms with E-state index in [2.05, 4.69) is 5.32 Å². The number of nitrogens with two attached hydrogens (primary N) is 2. The number of carbonyl (C=O) groups is 4. The molecule has 0 aromatic heterocycles. The van der Waals surface area contributed by atoms with Crippen LogP contribution in [0.4, 0.5) is 9.18 Å². The lowest BCUT2D eigenvalue weighted by Gasteiger charge is -2.35. The third kappa shape index (κ3) is 4.00. The molecule has 156 valence electrons. The Kier molecular flexibility index (Phi) is 5.55. The van der Waals surface area contributed by atoms with Crippen molar-refractivity contribution in [1.29, 1.82) is 0 Å². The molecule has 0 bridgehead atoms. The van der Waals surface area contributed by atoms with Gasteiger partial charge in [0, 0.05) is 12.1 Å². The number of rotatable bonds is 7. The van der Waals surface area contributed by atoms with E-state index in [0.29, 0.717) is 22.3 Å². The number of Topliss-reactive ketones (excluding diaryl/α,β-unsaturated/α-hetero) is 1. The molecule has 0 spiro atoms. The van der Waals surface area contributed by atoms with E-state index < -0.39 is 29.1 Å². The second-order valence-electron chi connectivity index (χ2n) is 7.25. The van der Waals surface area contributed by atoms with Gasteiger partial charge in [-0.15, -0.1) is 0 Å². The van der Waals surface area contributed by atoms with Gasteiger partial charge in [0.2, 0.25) is 5.91 Å². The van der Waals surface area contributed by atoms with Gasteiger partial charge in [-0.2, -0.15) is 0 Å².